The summed E-state index contributed by atoms with van der Waals surface area (Å²) in [7, 11) is 0. The molecule has 0 unspecified atom stereocenters. The van der Waals surface area contributed by atoms with Gasteiger partial charge in [0.2, 0.25) is 5.91 Å². The average molecular weight is 286 g/mol. The molecule has 1 aliphatic rings. The van der Waals surface area contributed by atoms with Crippen molar-refractivity contribution in [3.63, 3.8) is 0 Å². The van der Waals surface area contributed by atoms with E-state index in [-0.39, 0.29) is 5.91 Å². The van der Waals surface area contributed by atoms with Crippen molar-refractivity contribution in [2.24, 2.45) is 0 Å². The lowest BCUT2D eigenvalue weighted by Gasteiger charge is -2.29. The highest BCUT2D eigenvalue weighted by Crippen LogP contribution is 2.31. The number of nitrogens with two attached hydrogens (primary N) is 1. The molecular formula is C16H18N2OS. The maximum atomic E-state index is 12.2. The molecule has 1 amide bonds. The van der Waals surface area contributed by atoms with Crippen LogP contribution >= 0.6 is 11.3 Å². The van der Waals surface area contributed by atoms with Crippen molar-refractivity contribution in [3.8, 4) is 0 Å². The molecule has 0 saturated carbocycles. The first-order valence-electron chi connectivity index (χ1n) is 6.93. The number of amides is 1. The molecule has 0 fully saturated rings. The molecular weight excluding hydrogens is 268 g/mol. The number of anilines is 2. The fourth-order valence-corrected chi connectivity index (χ4v) is 3.55. The summed E-state index contributed by atoms with van der Waals surface area (Å²) in [6, 6.07) is 10.1. The Morgan fingerprint density at radius 1 is 1.20 bits per heavy atom. The lowest BCUT2D eigenvalue weighted by atomic mass is 10.0. The SMILES string of the molecule is CCc1ccc(CN2C(=O)CCc3cc(N)ccc32)s1. The molecule has 2 aromatic rings. The second kappa shape index (κ2) is 5.29. The van der Waals surface area contributed by atoms with Crippen LogP contribution in [-0.2, 0) is 24.2 Å². The second-order valence-corrected chi connectivity index (χ2v) is 6.34. The van der Waals surface area contributed by atoms with Gasteiger partial charge in [0.1, 0.15) is 0 Å². The van der Waals surface area contributed by atoms with Crippen LogP contribution in [-0.4, -0.2) is 5.91 Å². The average Bonchev–Trinajstić information content (AvgIpc) is 2.90. The number of thiophene rings is 1. The van der Waals surface area contributed by atoms with Crippen molar-refractivity contribution >= 4 is 28.6 Å². The normalized spacial score (nSPS) is 14.4. The van der Waals surface area contributed by atoms with Gasteiger partial charge in [-0.25, -0.2) is 0 Å². The number of carbonyl (C=O) groups is 1. The fourth-order valence-electron chi connectivity index (χ4n) is 2.61. The number of carbonyl (C=O) groups excluding carboxylic acids is 1. The van der Waals surface area contributed by atoms with E-state index in [1.165, 1.54) is 15.3 Å². The van der Waals surface area contributed by atoms with Crippen LogP contribution in [0.25, 0.3) is 0 Å². The van der Waals surface area contributed by atoms with Gasteiger partial charge in [0.15, 0.2) is 0 Å². The minimum Gasteiger partial charge on any atom is -0.399 e. The summed E-state index contributed by atoms with van der Waals surface area (Å²) in [6.45, 7) is 2.82. The maximum absolute atomic E-state index is 12.2. The van der Waals surface area contributed by atoms with Crippen molar-refractivity contribution in [2.75, 3.05) is 10.6 Å². The molecule has 1 aromatic carbocycles. The number of fused-ring (bicyclic) bond motifs is 1. The van der Waals surface area contributed by atoms with Gasteiger partial charge in [0.25, 0.3) is 0 Å². The van der Waals surface area contributed by atoms with Gasteiger partial charge in [-0.1, -0.05) is 6.92 Å². The molecule has 104 valence electrons. The predicted octanol–water partition coefficient (Wildman–Crippen LogP) is 3.37. The minimum atomic E-state index is 0.203. The number of nitrogens with zero attached hydrogens (tertiary/aromatic N) is 1. The monoisotopic (exact) mass is 286 g/mol. The Morgan fingerprint density at radius 2 is 2.00 bits per heavy atom. The third kappa shape index (κ3) is 2.43. The molecule has 4 heteroatoms. The standard InChI is InChI=1S/C16H18N2OS/c1-2-13-5-6-14(20-13)10-18-15-7-4-12(17)9-11(15)3-8-16(18)19/h4-7,9H,2-3,8,10,17H2,1H3. The van der Waals surface area contributed by atoms with Gasteiger partial charge in [-0.15, -0.1) is 11.3 Å². The Bertz CT molecular complexity index is 648. The number of rotatable bonds is 3. The van der Waals surface area contributed by atoms with E-state index in [4.69, 9.17) is 5.73 Å². The Morgan fingerprint density at radius 3 is 2.75 bits per heavy atom. The summed E-state index contributed by atoms with van der Waals surface area (Å²) in [6.07, 6.45) is 2.41. The first-order valence-corrected chi connectivity index (χ1v) is 7.75. The number of benzene rings is 1. The summed E-state index contributed by atoms with van der Waals surface area (Å²) >= 11 is 1.79. The molecule has 1 aliphatic heterocycles. The van der Waals surface area contributed by atoms with E-state index in [1.54, 1.807) is 11.3 Å². The third-order valence-electron chi connectivity index (χ3n) is 3.68. The fraction of sp³-hybridized carbons (Fsp3) is 0.312. The van der Waals surface area contributed by atoms with Crippen LogP contribution in [0.1, 0.15) is 28.7 Å². The van der Waals surface area contributed by atoms with E-state index in [0.717, 1.165) is 24.2 Å². The van der Waals surface area contributed by atoms with E-state index in [2.05, 4.69) is 19.1 Å². The lowest BCUT2D eigenvalue weighted by Crippen LogP contribution is -2.34. The first-order chi connectivity index (χ1) is 9.67. The Balaban J connectivity index is 1.90. The highest BCUT2D eigenvalue weighted by atomic mass is 32.1. The van der Waals surface area contributed by atoms with Crippen molar-refractivity contribution in [2.45, 2.75) is 32.7 Å². The summed E-state index contributed by atoms with van der Waals surface area (Å²) in [5.74, 6) is 0.203. The number of hydrogen-bond donors (Lipinski definition) is 1. The molecule has 0 spiro atoms. The van der Waals surface area contributed by atoms with Crippen molar-refractivity contribution in [3.05, 3.63) is 45.6 Å². The zero-order chi connectivity index (χ0) is 14.1. The molecule has 2 N–H and O–H groups in total. The lowest BCUT2D eigenvalue weighted by molar-refractivity contribution is -0.119. The zero-order valence-electron chi connectivity index (χ0n) is 11.6. The van der Waals surface area contributed by atoms with Gasteiger partial charge in [-0.3, -0.25) is 4.79 Å². The van der Waals surface area contributed by atoms with Crippen LogP contribution in [0.5, 0.6) is 0 Å². The second-order valence-electron chi connectivity index (χ2n) is 5.09. The minimum absolute atomic E-state index is 0.203. The van der Waals surface area contributed by atoms with E-state index >= 15 is 0 Å². The quantitative estimate of drug-likeness (QED) is 0.879. The van der Waals surface area contributed by atoms with Crippen LogP contribution < -0.4 is 10.6 Å². The van der Waals surface area contributed by atoms with E-state index in [1.807, 2.05) is 23.1 Å². The Hall–Kier alpha value is -1.81. The summed E-state index contributed by atoms with van der Waals surface area (Å²) in [4.78, 5) is 16.7. The third-order valence-corrected chi connectivity index (χ3v) is 4.90. The zero-order valence-corrected chi connectivity index (χ0v) is 12.4. The molecule has 2 heterocycles. The predicted molar refractivity (Wildman–Crippen MR) is 84.1 cm³/mol. The molecule has 1 aromatic heterocycles. The molecule has 0 radical (unpaired) electrons. The van der Waals surface area contributed by atoms with Crippen LogP contribution in [0, 0.1) is 0 Å². The molecule has 20 heavy (non-hydrogen) atoms. The molecule has 0 atom stereocenters. The maximum Gasteiger partial charge on any atom is 0.227 e. The number of aryl methyl sites for hydroxylation is 2. The van der Waals surface area contributed by atoms with Gasteiger partial charge in [-0.05, 0) is 48.7 Å². The van der Waals surface area contributed by atoms with Gasteiger partial charge in [0.05, 0.1) is 6.54 Å². The van der Waals surface area contributed by atoms with Crippen molar-refractivity contribution in [1.82, 2.24) is 0 Å². The van der Waals surface area contributed by atoms with Crippen LogP contribution in [0.3, 0.4) is 0 Å². The highest BCUT2D eigenvalue weighted by Gasteiger charge is 2.24. The van der Waals surface area contributed by atoms with Crippen LogP contribution in [0.4, 0.5) is 11.4 Å². The highest BCUT2D eigenvalue weighted by molar-refractivity contribution is 7.12. The smallest absolute Gasteiger partial charge is 0.227 e. The van der Waals surface area contributed by atoms with Crippen molar-refractivity contribution < 1.29 is 4.79 Å². The Labute approximate surface area is 123 Å². The van der Waals surface area contributed by atoms with Gasteiger partial charge >= 0.3 is 0 Å². The summed E-state index contributed by atoms with van der Waals surface area (Å²) < 4.78 is 0. The summed E-state index contributed by atoms with van der Waals surface area (Å²) in [5.41, 5.74) is 8.79. The molecule has 0 saturated heterocycles. The molecule has 3 rings (SSSR count). The van der Waals surface area contributed by atoms with Gasteiger partial charge < -0.3 is 10.6 Å². The van der Waals surface area contributed by atoms with Gasteiger partial charge in [0, 0.05) is 27.5 Å². The van der Waals surface area contributed by atoms with E-state index < -0.39 is 0 Å². The largest absolute Gasteiger partial charge is 0.399 e. The molecule has 0 bridgehead atoms. The summed E-state index contributed by atoms with van der Waals surface area (Å²) in [5, 5.41) is 0. The van der Waals surface area contributed by atoms with E-state index in [0.29, 0.717) is 13.0 Å². The van der Waals surface area contributed by atoms with Crippen LogP contribution in [0.15, 0.2) is 30.3 Å². The topological polar surface area (TPSA) is 46.3 Å². The Kier molecular flexibility index (Phi) is 3.49. The van der Waals surface area contributed by atoms with Crippen molar-refractivity contribution in [1.29, 1.82) is 0 Å². The molecule has 3 nitrogen and oxygen atoms in total. The van der Waals surface area contributed by atoms with E-state index in [9.17, 15) is 4.79 Å². The number of nitrogen functional groups attached to an aromatic ring is 1. The van der Waals surface area contributed by atoms with Crippen LogP contribution in [0.2, 0.25) is 0 Å². The first kappa shape index (κ1) is 13.2. The molecule has 0 aliphatic carbocycles. The van der Waals surface area contributed by atoms with Gasteiger partial charge in [-0.2, -0.15) is 0 Å². The number of hydrogen-bond acceptors (Lipinski definition) is 3.